The highest BCUT2D eigenvalue weighted by Gasteiger charge is 1.75. The van der Waals surface area contributed by atoms with Crippen molar-refractivity contribution in [3.63, 3.8) is 0 Å². The molecule has 0 radical (unpaired) electrons. The third-order valence-electron chi connectivity index (χ3n) is 0.640. The molecule has 1 aromatic rings. The summed E-state index contributed by atoms with van der Waals surface area (Å²) in [4.78, 5) is 3.82. The van der Waals surface area contributed by atoms with Gasteiger partial charge in [-0.1, -0.05) is 43.6 Å². The van der Waals surface area contributed by atoms with Crippen LogP contribution in [-0.2, 0) is 0 Å². The van der Waals surface area contributed by atoms with E-state index in [1.54, 1.807) is 12.4 Å². The summed E-state index contributed by atoms with van der Waals surface area (Å²) in [5.41, 5.74) is 0. The number of rotatable bonds is 0. The van der Waals surface area contributed by atoms with Gasteiger partial charge in [-0.15, -0.1) is 0 Å². The van der Waals surface area contributed by atoms with Crippen molar-refractivity contribution in [2.24, 2.45) is 0 Å². The number of hydrogen-bond donors (Lipinski definition) is 0. The molecule has 0 aliphatic rings. The van der Waals surface area contributed by atoms with Crippen molar-refractivity contribution in [1.29, 1.82) is 0 Å². The Bertz CT molecular complexity index is 139. The molecule has 1 heterocycles. The summed E-state index contributed by atoms with van der Waals surface area (Å²) in [6.45, 7) is 8.00. The summed E-state index contributed by atoms with van der Waals surface area (Å²) in [6.07, 6.45) is 3.48. The highest BCUT2D eigenvalue weighted by Crippen LogP contribution is 2.03. The van der Waals surface area contributed by atoms with E-state index in [9.17, 15) is 0 Å². The molecular weight excluding hydrogens is 202 g/mol. The van der Waals surface area contributed by atoms with Crippen LogP contribution in [0.25, 0.3) is 0 Å². The van der Waals surface area contributed by atoms with E-state index in [1.807, 2.05) is 39.8 Å². The van der Waals surface area contributed by atoms with Gasteiger partial charge in [-0.3, -0.25) is 4.98 Å². The first kappa shape index (κ1) is 13.2. The van der Waals surface area contributed by atoms with Crippen LogP contribution in [0.1, 0.15) is 27.7 Å². The number of pyridine rings is 1. The zero-order valence-electron chi connectivity index (χ0n) is 7.63. The molecule has 0 atom stereocenters. The fourth-order valence-corrected chi connectivity index (χ4v) is 0.570. The van der Waals surface area contributed by atoms with Gasteiger partial charge in [0.2, 0.25) is 0 Å². The molecule has 0 saturated carbocycles. The van der Waals surface area contributed by atoms with E-state index in [1.165, 1.54) is 0 Å². The van der Waals surface area contributed by atoms with Gasteiger partial charge in [0.05, 0.1) is 0 Å². The van der Waals surface area contributed by atoms with Crippen molar-refractivity contribution in [3.05, 3.63) is 29.0 Å². The van der Waals surface area contributed by atoms with E-state index in [0.29, 0.717) is 0 Å². The first-order valence-electron chi connectivity index (χ1n) is 3.95. The second-order valence-electron chi connectivity index (χ2n) is 1.17. The lowest BCUT2D eigenvalue weighted by Crippen LogP contribution is -1.63. The fourth-order valence-electron chi connectivity index (χ4n) is 0.334. The minimum absolute atomic E-state index is 1.07. The third-order valence-corrected chi connectivity index (χ3v) is 1.17. The molecule has 0 fully saturated rings. The lowest BCUT2D eigenvalue weighted by Gasteiger charge is -1.80. The summed E-state index contributed by atoms with van der Waals surface area (Å²) in [7, 11) is 0. The Balaban J connectivity index is 0. The topological polar surface area (TPSA) is 12.9 Å². The molecule has 0 saturated heterocycles. The summed E-state index contributed by atoms with van der Waals surface area (Å²) < 4.78 is 1.07. The first-order chi connectivity index (χ1) is 5.39. The molecule has 0 aromatic carbocycles. The van der Waals surface area contributed by atoms with Gasteiger partial charge in [0.25, 0.3) is 0 Å². The van der Waals surface area contributed by atoms with Crippen molar-refractivity contribution >= 4 is 15.9 Å². The molecule has 64 valence electrons. The van der Waals surface area contributed by atoms with Crippen molar-refractivity contribution < 1.29 is 0 Å². The highest BCUT2D eigenvalue weighted by atomic mass is 79.9. The predicted octanol–water partition coefficient (Wildman–Crippen LogP) is 3.90. The van der Waals surface area contributed by atoms with Gasteiger partial charge in [0.1, 0.15) is 0 Å². The first-order valence-corrected chi connectivity index (χ1v) is 4.74. The molecule has 0 amide bonds. The van der Waals surface area contributed by atoms with Crippen LogP contribution in [0.4, 0.5) is 0 Å². The van der Waals surface area contributed by atoms with E-state index in [0.717, 1.165) is 4.47 Å². The van der Waals surface area contributed by atoms with Crippen LogP contribution in [0.2, 0.25) is 0 Å². The lowest BCUT2D eigenvalue weighted by atomic mass is 10.5. The Kier molecular flexibility index (Phi) is 14.8. The van der Waals surface area contributed by atoms with Gasteiger partial charge < -0.3 is 0 Å². The lowest BCUT2D eigenvalue weighted by molar-refractivity contribution is 1.32. The molecular formula is C9H16BrN. The van der Waals surface area contributed by atoms with Crippen LogP contribution in [-0.4, -0.2) is 4.98 Å². The summed E-state index contributed by atoms with van der Waals surface area (Å²) >= 11 is 3.27. The van der Waals surface area contributed by atoms with Gasteiger partial charge in [-0.2, -0.15) is 0 Å². The smallest absolute Gasteiger partial charge is 0.0279 e. The molecule has 0 bridgehead atoms. The maximum absolute atomic E-state index is 3.82. The molecule has 1 rings (SSSR count). The van der Waals surface area contributed by atoms with Crippen LogP contribution in [0.5, 0.6) is 0 Å². The predicted molar refractivity (Wildman–Crippen MR) is 54.6 cm³/mol. The maximum atomic E-state index is 3.82. The van der Waals surface area contributed by atoms with Crippen LogP contribution in [0.3, 0.4) is 0 Å². The Morgan fingerprint density at radius 2 is 1.36 bits per heavy atom. The second-order valence-corrected chi connectivity index (χ2v) is 2.08. The summed E-state index contributed by atoms with van der Waals surface area (Å²) in [5, 5.41) is 0. The van der Waals surface area contributed by atoms with Crippen molar-refractivity contribution in [1.82, 2.24) is 4.98 Å². The molecule has 2 heteroatoms. The number of aromatic nitrogens is 1. The van der Waals surface area contributed by atoms with E-state index >= 15 is 0 Å². The minimum atomic E-state index is 1.07. The standard InChI is InChI=1S/C5H4BrN.2C2H6/c6-5-1-3-7-4-2-5;2*1-2/h1-4H;2*1-2H3. The Morgan fingerprint density at radius 1 is 1.00 bits per heavy atom. The van der Waals surface area contributed by atoms with Crippen LogP contribution < -0.4 is 0 Å². The number of halogens is 1. The van der Waals surface area contributed by atoms with Crippen molar-refractivity contribution in [3.8, 4) is 0 Å². The van der Waals surface area contributed by atoms with E-state index in [-0.39, 0.29) is 0 Å². The number of hydrogen-bond acceptors (Lipinski definition) is 1. The summed E-state index contributed by atoms with van der Waals surface area (Å²) in [6, 6.07) is 3.78. The highest BCUT2D eigenvalue weighted by molar-refractivity contribution is 9.10. The molecule has 0 aliphatic heterocycles. The average molecular weight is 218 g/mol. The molecule has 11 heavy (non-hydrogen) atoms. The van der Waals surface area contributed by atoms with Crippen LogP contribution in [0.15, 0.2) is 29.0 Å². The Labute approximate surface area is 78.0 Å². The van der Waals surface area contributed by atoms with Gasteiger partial charge in [0.15, 0.2) is 0 Å². The van der Waals surface area contributed by atoms with Gasteiger partial charge in [0, 0.05) is 16.9 Å². The number of nitrogens with zero attached hydrogens (tertiary/aromatic N) is 1. The Morgan fingerprint density at radius 3 is 1.55 bits per heavy atom. The largest absolute Gasteiger partial charge is 0.265 e. The van der Waals surface area contributed by atoms with Crippen LogP contribution >= 0.6 is 15.9 Å². The van der Waals surface area contributed by atoms with Crippen LogP contribution in [0, 0.1) is 0 Å². The maximum Gasteiger partial charge on any atom is 0.0279 e. The molecule has 0 aliphatic carbocycles. The molecule has 1 nitrogen and oxygen atoms in total. The van der Waals surface area contributed by atoms with E-state index < -0.39 is 0 Å². The monoisotopic (exact) mass is 217 g/mol. The normalized spacial score (nSPS) is 6.64. The van der Waals surface area contributed by atoms with E-state index in [4.69, 9.17) is 0 Å². The van der Waals surface area contributed by atoms with Crippen molar-refractivity contribution in [2.75, 3.05) is 0 Å². The van der Waals surface area contributed by atoms with Crippen molar-refractivity contribution in [2.45, 2.75) is 27.7 Å². The SMILES string of the molecule is Brc1ccncc1.CC.CC. The second kappa shape index (κ2) is 12.3. The molecule has 1 aromatic heterocycles. The minimum Gasteiger partial charge on any atom is -0.265 e. The zero-order chi connectivity index (χ0) is 9.11. The quantitative estimate of drug-likeness (QED) is 0.643. The molecule has 0 unspecified atom stereocenters. The average Bonchev–Trinajstić information content (AvgIpc) is 2.13. The fraction of sp³-hybridized carbons (Fsp3) is 0.444. The van der Waals surface area contributed by atoms with Gasteiger partial charge in [-0.25, -0.2) is 0 Å². The van der Waals surface area contributed by atoms with E-state index in [2.05, 4.69) is 20.9 Å². The Hall–Kier alpha value is -0.370. The zero-order valence-corrected chi connectivity index (χ0v) is 9.22. The third kappa shape index (κ3) is 9.63. The van der Waals surface area contributed by atoms with Gasteiger partial charge >= 0.3 is 0 Å². The summed E-state index contributed by atoms with van der Waals surface area (Å²) in [5.74, 6) is 0. The van der Waals surface area contributed by atoms with Gasteiger partial charge in [-0.05, 0) is 12.1 Å². The molecule has 0 spiro atoms. The molecule has 0 N–H and O–H groups in total.